The minimum absolute atomic E-state index is 0.145. The highest BCUT2D eigenvalue weighted by Gasteiger charge is 2.45. The lowest BCUT2D eigenvalue weighted by atomic mass is 9.91. The number of nitrogens with two attached hydrogens (primary N) is 1. The van der Waals surface area contributed by atoms with Crippen LogP contribution in [0, 0.1) is 0 Å². The van der Waals surface area contributed by atoms with Gasteiger partial charge in [0, 0.05) is 10.9 Å². The van der Waals surface area contributed by atoms with E-state index in [1.165, 1.54) is 5.01 Å². The fourth-order valence-electron chi connectivity index (χ4n) is 4.60. The Labute approximate surface area is 251 Å². The highest BCUT2D eigenvalue weighted by molar-refractivity contribution is 7.90. The molecule has 228 valence electrons. The van der Waals surface area contributed by atoms with Gasteiger partial charge in [-0.25, -0.2) is 28.3 Å². The molecule has 0 amide bonds. The van der Waals surface area contributed by atoms with Crippen LogP contribution in [0.15, 0.2) is 93.9 Å². The standard InChI is InChI=1S/C27H26ClF3N6O4S2/c28-21-10-6-19(7-11-21)24-23(18-4-2-1-3-5-18)16-37(34-24)25(33-17-26(14-15-26)36-43(32,40)41)35-42(38,39)22-12-8-20(9-13-22)27(29,30)31/h1-13,23,36H,14-17H2,(H,33,35)(H2,32,40,41)/t23-/m0/s1. The molecule has 0 spiro atoms. The molecule has 0 aromatic heterocycles. The summed E-state index contributed by atoms with van der Waals surface area (Å²) in [6, 6.07) is 19.3. The third-order valence-electron chi connectivity index (χ3n) is 6.96. The summed E-state index contributed by atoms with van der Waals surface area (Å²) in [6.07, 6.45) is -3.82. The van der Waals surface area contributed by atoms with Gasteiger partial charge in [0.1, 0.15) is 0 Å². The molecule has 1 heterocycles. The van der Waals surface area contributed by atoms with E-state index in [-0.39, 0.29) is 25.0 Å². The molecule has 16 heteroatoms. The van der Waals surface area contributed by atoms with Gasteiger partial charge in [0.05, 0.1) is 34.8 Å². The lowest BCUT2D eigenvalue weighted by molar-refractivity contribution is -0.137. The van der Waals surface area contributed by atoms with Crippen molar-refractivity contribution in [2.24, 2.45) is 15.2 Å². The summed E-state index contributed by atoms with van der Waals surface area (Å²) in [5.41, 5.74) is 0.194. The summed E-state index contributed by atoms with van der Waals surface area (Å²) in [7, 11) is -8.53. The zero-order valence-electron chi connectivity index (χ0n) is 22.3. The lowest BCUT2D eigenvalue weighted by Crippen LogP contribution is -2.45. The molecule has 5 rings (SSSR count). The van der Waals surface area contributed by atoms with E-state index in [0.717, 1.165) is 23.3 Å². The van der Waals surface area contributed by atoms with Crippen molar-refractivity contribution in [3.05, 3.63) is 101 Å². The number of benzene rings is 3. The molecule has 3 aromatic rings. The molecule has 0 bridgehead atoms. The first-order valence-corrected chi connectivity index (χ1v) is 16.3. The summed E-state index contributed by atoms with van der Waals surface area (Å²) in [5.74, 6) is -0.576. The van der Waals surface area contributed by atoms with Crippen LogP contribution in [0.2, 0.25) is 5.02 Å². The number of halogens is 4. The van der Waals surface area contributed by atoms with E-state index in [9.17, 15) is 30.0 Å². The first-order valence-electron chi connectivity index (χ1n) is 12.9. The molecule has 0 unspecified atom stereocenters. The van der Waals surface area contributed by atoms with Gasteiger partial charge in [-0.1, -0.05) is 54.1 Å². The van der Waals surface area contributed by atoms with E-state index in [4.69, 9.17) is 21.8 Å². The van der Waals surface area contributed by atoms with Gasteiger partial charge in [0.25, 0.3) is 20.2 Å². The van der Waals surface area contributed by atoms with Crippen molar-refractivity contribution in [2.75, 3.05) is 13.1 Å². The molecule has 0 saturated heterocycles. The Morgan fingerprint density at radius 3 is 2.19 bits per heavy atom. The largest absolute Gasteiger partial charge is 0.416 e. The van der Waals surface area contributed by atoms with Gasteiger partial charge in [0.15, 0.2) is 0 Å². The van der Waals surface area contributed by atoms with Crippen molar-refractivity contribution >= 4 is 43.5 Å². The Morgan fingerprint density at radius 2 is 1.63 bits per heavy atom. The zero-order chi connectivity index (χ0) is 31.0. The smallest absolute Gasteiger partial charge is 0.249 e. The number of hydrogen-bond donors (Lipinski definition) is 3. The summed E-state index contributed by atoms with van der Waals surface area (Å²) in [4.78, 5) is 3.99. The minimum Gasteiger partial charge on any atom is -0.249 e. The van der Waals surface area contributed by atoms with Crippen molar-refractivity contribution in [3.8, 4) is 0 Å². The topological polar surface area (TPSA) is 146 Å². The lowest BCUT2D eigenvalue weighted by Gasteiger charge is -2.21. The maximum atomic E-state index is 13.4. The Morgan fingerprint density at radius 1 is 1.00 bits per heavy atom. The molecule has 3 aromatic carbocycles. The van der Waals surface area contributed by atoms with Crippen LogP contribution in [-0.4, -0.2) is 52.1 Å². The Hall–Kier alpha value is -3.50. The second-order valence-corrected chi connectivity index (χ2v) is 13.6. The SMILES string of the molecule is NS(=O)(=O)NC1(CN=C(NS(=O)(=O)c2ccc(C(F)(F)F)cc2)N2C[C@@H](c3ccccc3)C(c3ccc(Cl)cc3)=N2)CC1. The average molecular weight is 655 g/mol. The third kappa shape index (κ3) is 7.54. The first kappa shape index (κ1) is 30.9. The van der Waals surface area contributed by atoms with E-state index in [1.54, 1.807) is 24.3 Å². The van der Waals surface area contributed by atoms with E-state index in [0.29, 0.717) is 35.7 Å². The quantitative estimate of drug-likeness (QED) is 0.250. The van der Waals surface area contributed by atoms with Gasteiger partial charge < -0.3 is 0 Å². The second-order valence-electron chi connectivity index (χ2n) is 10.2. The first-order chi connectivity index (χ1) is 20.1. The van der Waals surface area contributed by atoms with Crippen molar-refractivity contribution in [3.63, 3.8) is 0 Å². The van der Waals surface area contributed by atoms with Gasteiger partial charge in [-0.15, -0.1) is 0 Å². The predicted molar refractivity (Wildman–Crippen MR) is 156 cm³/mol. The predicted octanol–water partition coefficient (Wildman–Crippen LogP) is 3.82. The van der Waals surface area contributed by atoms with Gasteiger partial charge in [-0.2, -0.15) is 31.4 Å². The maximum Gasteiger partial charge on any atom is 0.416 e. The number of sulfonamides is 1. The Balaban J connectivity index is 1.53. The van der Waals surface area contributed by atoms with Crippen LogP contribution in [0.25, 0.3) is 0 Å². The van der Waals surface area contributed by atoms with Gasteiger partial charge >= 0.3 is 6.18 Å². The van der Waals surface area contributed by atoms with Crippen LogP contribution < -0.4 is 14.6 Å². The number of hydrazone groups is 1. The molecule has 1 aliphatic carbocycles. The van der Waals surface area contributed by atoms with Crippen LogP contribution in [0.5, 0.6) is 0 Å². The van der Waals surface area contributed by atoms with Crippen molar-refractivity contribution in [2.45, 2.75) is 35.4 Å². The molecule has 1 aliphatic heterocycles. The summed E-state index contributed by atoms with van der Waals surface area (Å²) in [5, 5.41) is 11.7. The number of alkyl halides is 3. The normalized spacial score (nSPS) is 18.8. The van der Waals surface area contributed by atoms with Crippen molar-refractivity contribution in [1.29, 1.82) is 0 Å². The molecule has 1 fully saturated rings. The van der Waals surface area contributed by atoms with Crippen LogP contribution in [0.3, 0.4) is 0 Å². The number of rotatable bonds is 8. The fraction of sp³-hybridized carbons (Fsp3) is 0.259. The number of aliphatic imine (C=N–C) groups is 1. The monoisotopic (exact) mass is 654 g/mol. The molecular formula is C27H26ClF3N6O4S2. The fourth-order valence-corrected chi connectivity index (χ4v) is 6.62. The highest BCUT2D eigenvalue weighted by Crippen LogP contribution is 2.37. The number of hydrogen-bond acceptors (Lipinski definition) is 6. The van der Waals surface area contributed by atoms with Crippen molar-refractivity contribution < 1.29 is 30.0 Å². The summed E-state index contributed by atoms with van der Waals surface area (Å²) in [6.45, 7) is -0.0292. The van der Waals surface area contributed by atoms with E-state index in [2.05, 4.69) is 14.4 Å². The minimum atomic E-state index is -4.65. The maximum absolute atomic E-state index is 13.4. The van der Waals surface area contributed by atoms with Crippen LogP contribution in [0.4, 0.5) is 13.2 Å². The third-order valence-corrected chi connectivity index (χ3v) is 9.28. The molecule has 10 nitrogen and oxygen atoms in total. The molecule has 0 radical (unpaired) electrons. The van der Waals surface area contributed by atoms with E-state index < -0.39 is 42.4 Å². The number of nitrogens with one attached hydrogen (secondary N) is 2. The summed E-state index contributed by atoms with van der Waals surface area (Å²) >= 11 is 6.09. The van der Waals surface area contributed by atoms with Crippen LogP contribution in [-0.2, 0) is 26.4 Å². The van der Waals surface area contributed by atoms with Crippen LogP contribution in [0.1, 0.15) is 35.4 Å². The van der Waals surface area contributed by atoms with Crippen LogP contribution >= 0.6 is 11.6 Å². The average Bonchev–Trinajstić information content (AvgIpc) is 3.54. The molecular weight excluding hydrogens is 629 g/mol. The summed E-state index contributed by atoms with van der Waals surface area (Å²) < 4.78 is 94.1. The number of nitrogens with zero attached hydrogens (tertiary/aromatic N) is 3. The van der Waals surface area contributed by atoms with Gasteiger partial charge in [-0.05, 0) is 60.4 Å². The number of guanidine groups is 1. The molecule has 2 aliphatic rings. The molecule has 4 N–H and O–H groups in total. The van der Waals surface area contributed by atoms with E-state index >= 15 is 0 Å². The Bertz CT molecular complexity index is 1760. The highest BCUT2D eigenvalue weighted by atomic mass is 35.5. The zero-order valence-corrected chi connectivity index (χ0v) is 24.7. The second kappa shape index (κ2) is 11.5. The molecule has 1 saturated carbocycles. The molecule has 43 heavy (non-hydrogen) atoms. The van der Waals surface area contributed by atoms with Crippen molar-refractivity contribution in [1.82, 2.24) is 14.5 Å². The van der Waals surface area contributed by atoms with Gasteiger partial charge in [0.2, 0.25) is 5.96 Å². The van der Waals surface area contributed by atoms with Gasteiger partial charge in [-0.3, -0.25) is 0 Å². The van der Waals surface area contributed by atoms with E-state index in [1.807, 2.05) is 30.3 Å². The molecule has 1 atom stereocenters. The Kier molecular flexibility index (Phi) is 8.30.